The minimum absolute atomic E-state index is 0.0156. The Kier molecular flexibility index (Phi) is 14.3. The van der Waals surface area contributed by atoms with Crippen molar-refractivity contribution in [3.63, 3.8) is 0 Å². The second kappa shape index (κ2) is 17.2. The SMILES string of the molecule is CO[C@@H]1[C@H](O)[C@@H](C)O[C@@H](OC[C@H]2[C@@H]3O[C@H]3CCC(=O)[C@@](C)(O)C[C@H](C)[C@H](O[C@@H]3O[C@H](C)C[C@](O)([C@H](C)O)[C@H]3O)[C@@H](C)/C=C/C(=O)O[C@@H]2C)[C@@H]1OC. The maximum atomic E-state index is 13.4. The molecule has 0 aliphatic carbocycles. The molecule has 0 unspecified atom stereocenters. The minimum atomic E-state index is -1.90. The lowest BCUT2D eigenvalue weighted by atomic mass is 9.80. The van der Waals surface area contributed by atoms with E-state index in [1.54, 1.807) is 40.7 Å². The molecule has 3 fully saturated rings. The third kappa shape index (κ3) is 9.75. The number of cyclic esters (lactones) is 1. The Morgan fingerprint density at radius 1 is 0.922 bits per heavy atom. The first-order chi connectivity index (χ1) is 23.8. The molecular formula is C36H60O15. The zero-order valence-corrected chi connectivity index (χ0v) is 31.2. The summed E-state index contributed by atoms with van der Waals surface area (Å²) in [6.07, 6.45) is -7.85. The normalized spacial score (nSPS) is 48.7. The first-order valence-electron chi connectivity index (χ1n) is 18.0. The molecular weight excluding hydrogens is 672 g/mol. The third-order valence-corrected chi connectivity index (χ3v) is 11.1. The van der Waals surface area contributed by atoms with Crippen LogP contribution < -0.4 is 0 Å². The number of ether oxygens (including phenoxy) is 8. The third-order valence-electron chi connectivity index (χ3n) is 11.1. The number of epoxide rings is 1. The van der Waals surface area contributed by atoms with Crippen molar-refractivity contribution in [1.82, 2.24) is 0 Å². The van der Waals surface area contributed by atoms with Gasteiger partial charge in [-0.05, 0) is 53.4 Å². The number of ketones is 1. The monoisotopic (exact) mass is 732 g/mol. The molecule has 0 saturated carbocycles. The molecule has 4 aliphatic rings. The van der Waals surface area contributed by atoms with E-state index >= 15 is 0 Å². The van der Waals surface area contributed by atoms with E-state index in [2.05, 4.69) is 0 Å². The van der Waals surface area contributed by atoms with Crippen LogP contribution in [0.5, 0.6) is 0 Å². The standard InChI is InChI=1S/C36H60O15/c1-17-10-13-26(39)48-20(4)23(16-46-33-31(45-9)30(44-8)27(40)21(5)49-33)29-24(50-29)11-12-25(38)35(7,42)14-18(2)28(17)51-34-32(41)36(43,22(6)37)15-19(3)47-34/h10,13,17-24,27-34,37,40-43H,11-12,14-16H2,1-9H3/b13-10+/t17-,18-,19+,20+,21+,22-,23+,24-,27+,28+,29-,30+,31+,32-,33+,34-,35-,36-/m0/s1. The van der Waals surface area contributed by atoms with Crippen LogP contribution in [-0.2, 0) is 47.5 Å². The van der Waals surface area contributed by atoms with E-state index in [0.29, 0.717) is 6.42 Å². The van der Waals surface area contributed by atoms with Crippen LogP contribution >= 0.6 is 0 Å². The summed E-state index contributed by atoms with van der Waals surface area (Å²) >= 11 is 0. The number of methoxy groups -OCH3 is 2. The Morgan fingerprint density at radius 2 is 1.59 bits per heavy atom. The summed E-state index contributed by atoms with van der Waals surface area (Å²) in [6.45, 7) is 11.5. The number of rotatable bonds is 8. The van der Waals surface area contributed by atoms with Gasteiger partial charge in [0.2, 0.25) is 0 Å². The lowest BCUT2D eigenvalue weighted by Gasteiger charge is -2.47. The van der Waals surface area contributed by atoms with Gasteiger partial charge >= 0.3 is 5.97 Å². The van der Waals surface area contributed by atoms with Crippen LogP contribution in [0.25, 0.3) is 0 Å². The highest BCUT2D eigenvalue weighted by Crippen LogP contribution is 2.39. The van der Waals surface area contributed by atoms with E-state index in [9.17, 15) is 35.1 Å². The summed E-state index contributed by atoms with van der Waals surface area (Å²) in [7, 11) is 2.93. The maximum Gasteiger partial charge on any atom is 0.330 e. The molecule has 5 N–H and O–H groups in total. The lowest BCUT2D eigenvalue weighted by Crippen LogP contribution is -2.63. The van der Waals surface area contributed by atoms with Gasteiger partial charge in [0.05, 0.1) is 43.2 Å². The molecule has 0 spiro atoms. The first-order valence-corrected chi connectivity index (χ1v) is 18.0. The summed E-state index contributed by atoms with van der Waals surface area (Å²) in [6, 6.07) is 0. The van der Waals surface area contributed by atoms with Crippen molar-refractivity contribution in [2.75, 3.05) is 20.8 Å². The second-order valence-electron chi connectivity index (χ2n) is 15.2. The number of hydrogen-bond acceptors (Lipinski definition) is 15. The van der Waals surface area contributed by atoms with Gasteiger partial charge in [0, 0.05) is 45.0 Å². The van der Waals surface area contributed by atoms with Crippen LogP contribution in [0.2, 0.25) is 0 Å². The maximum absolute atomic E-state index is 13.4. The molecule has 0 amide bonds. The molecule has 0 aromatic rings. The quantitative estimate of drug-likeness (QED) is 0.172. The fraction of sp³-hybridized carbons (Fsp3) is 0.889. The Balaban J connectivity index is 1.56. The van der Waals surface area contributed by atoms with Gasteiger partial charge in [-0.2, -0.15) is 0 Å². The summed E-state index contributed by atoms with van der Waals surface area (Å²) in [5.74, 6) is -2.54. The van der Waals surface area contributed by atoms with Crippen LogP contribution in [0.15, 0.2) is 12.2 Å². The molecule has 4 aliphatic heterocycles. The van der Waals surface area contributed by atoms with Gasteiger partial charge in [-0.25, -0.2) is 4.79 Å². The number of hydrogen-bond donors (Lipinski definition) is 5. The lowest BCUT2D eigenvalue weighted by molar-refractivity contribution is -0.322. The zero-order chi connectivity index (χ0) is 38.0. The van der Waals surface area contributed by atoms with Gasteiger partial charge in [0.15, 0.2) is 18.4 Å². The van der Waals surface area contributed by atoms with Crippen LogP contribution in [-0.4, -0.2) is 149 Å². The van der Waals surface area contributed by atoms with Crippen molar-refractivity contribution in [1.29, 1.82) is 0 Å². The van der Waals surface area contributed by atoms with Crippen molar-refractivity contribution in [2.24, 2.45) is 17.8 Å². The van der Waals surface area contributed by atoms with Crippen LogP contribution in [0.4, 0.5) is 0 Å². The van der Waals surface area contributed by atoms with E-state index in [1.807, 2.05) is 0 Å². The summed E-state index contributed by atoms with van der Waals surface area (Å²) in [4.78, 5) is 26.6. The van der Waals surface area contributed by atoms with Crippen molar-refractivity contribution >= 4 is 11.8 Å². The minimum Gasteiger partial charge on any atom is -0.459 e. The predicted octanol–water partition coefficient (Wildman–Crippen LogP) is 0.779. The first kappa shape index (κ1) is 42.1. The van der Waals surface area contributed by atoms with Crippen LogP contribution in [0.1, 0.15) is 74.1 Å². The molecule has 51 heavy (non-hydrogen) atoms. The second-order valence-corrected chi connectivity index (χ2v) is 15.2. The Hall–Kier alpha value is -1.60. The molecule has 0 bridgehead atoms. The highest BCUT2D eigenvalue weighted by molar-refractivity contribution is 5.86. The van der Waals surface area contributed by atoms with E-state index in [4.69, 9.17) is 37.9 Å². The van der Waals surface area contributed by atoms with E-state index < -0.39 is 109 Å². The molecule has 3 saturated heterocycles. The predicted molar refractivity (Wildman–Crippen MR) is 179 cm³/mol. The Labute approximate surface area is 300 Å². The number of fused-ring (bicyclic) bond motifs is 1. The molecule has 4 heterocycles. The van der Waals surface area contributed by atoms with Gasteiger partial charge < -0.3 is 63.4 Å². The van der Waals surface area contributed by atoms with Crippen molar-refractivity contribution in [3.8, 4) is 0 Å². The highest BCUT2D eigenvalue weighted by atomic mass is 16.7. The summed E-state index contributed by atoms with van der Waals surface area (Å²) < 4.78 is 47.1. The van der Waals surface area contributed by atoms with E-state index in [0.717, 1.165) is 0 Å². The van der Waals surface area contributed by atoms with E-state index in [-0.39, 0.29) is 37.8 Å². The molecule has 294 valence electrons. The number of carbonyl (C=O) groups excluding carboxylic acids is 2. The number of aliphatic hydroxyl groups excluding tert-OH is 3. The Bertz CT molecular complexity index is 1200. The number of carbonyl (C=O) groups is 2. The fourth-order valence-corrected chi connectivity index (χ4v) is 7.78. The van der Waals surface area contributed by atoms with Crippen molar-refractivity contribution in [3.05, 3.63) is 12.2 Å². The highest BCUT2D eigenvalue weighted by Gasteiger charge is 2.53. The number of Topliss-reactive ketones (excluding diaryl/α,β-unsaturated/α-hetero) is 1. The van der Waals surface area contributed by atoms with Gasteiger partial charge in [0.1, 0.15) is 41.7 Å². The van der Waals surface area contributed by atoms with E-state index in [1.165, 1.54) is 34.1 Å². The summed E-state index contributed by atoms with van der Waals surface area (Å²) in [5.41, 5.74) is -3.64. The van der Waals surface area contributed by atoms with Crippen molar-refractivity contribution in [2.45, 2.75) is 165 Å². The largest absolute Gasteiger partial charge is 0.459 e. The fourth-order valence-electron chi connectivity index (χ4n) is 7.78. The number of aliphatic hydroxyl groups is 5. The molecule has 0 aromatic heterocycles. The molecule has 15 heteroatoms. The Morgan fingerprint density at radius 3 is 2.22 bits per heavy atom. The average Bonchev–Trinajstić information content (AvgIpc) is 3.82. The molecule has 0 radical (unpaired) electrons. The van der Waals surface area contributed by atoms with Gasteiger partial charge in [-0.15, -0.1) is 0 Å². The average molecular weight is 733 g/mol. The van der Waals surface area contributed by atoms with Gasteiger partial charge in [-0.3, -0.25) is 4.79 Å². The molecule has 4 rings (SSSR count). The molecule has 0 aromatic carbocycles. The molecule has 15 nitrogen and oxygen atoms in total. The van der Waals surface area contributed by atoms with Gasteiger partial charge in [0.25, 0.3) is 0 Å². The van der Waals surface area contributed by atoms with Crippen molar-refractivity contribution < 1.29 is 73.0 Å². The smallest absolute Gasteiger partial charge is 0.330 e. The van der Waals surface area contributed by atoms with Gasteiger partial charge in [-0.1, -0.05) is 19.9 Å². The van der Waals surface area contributed by atoms with Crippen LogP contribution in [0, 0.1) is 17.8 Å². The summed E-state index contributed by atoms with van der Waals surface area (Å²) in [5, 5.41) is 54.5. The number of esters is 1. The molecule has 18 atom stereocenters. The topological polar surface area (TPSA) is 212 Å². The zero-order valence-electron chi connectivity index (χ0n) is 31.2. The van der Waals surface area contributed by atoms with Crippen LogP contribution in [0.3, 0.4) is 0 Å².